The summed E-state index contributed by atoms with van der Waals surface area (Å²) in [5.74, 6) is 0. The van der Waals surface area contributed by atoms with Crippen LogP contribution in [-0.2, 0) is 0 Å². The molecular formula is C52H34N2O. The van der Waals surface area contributed by atoms with Gasteiger partial charge in [-0.15, -0.1) is 0 Å². The first-order chi connectivity index (χ1) is 27.3. The minimum atomic E-state index is 0.914. The van der Waals surface area contributed by atoms with Gasteiger partial charge in [-0.25, -0.2) is 0 Å². The lowest BCUT2D eigenvalue weighted by Crippen LogP contribution is -2.10. The molecule has 0 N–H and O–H groups in total. The Hall–Kier alpha value is -7.36. The van der Waals surface area contributed by atoms with Crippen molar-refractivity contribution in [1.29, 1.82) is 0 Å². The van der Waals surface area contributed by atoms with Crippen molar-refractivity contribution in [3.05, 3.63) is 206 Å². The predicted octanol–water partition coefficient (Wildman–Crippen LogP) is 14.6. The molecule has 258 valence electrons. The molecule has 0 amide bonds. The zero-order valence-electron chi connectivity index (χ0n) is 29.9. The van der Waals surface area contributed by atoms with Gasteiger partial charge in [-0.3, -0.25) is 0 Å². The summed E-state index contributed by atoms with van der Waals surface area (Å²) in [5, 5.41) is 7.21. The summed E-state index contributed by atoms with van der Waals surface area (Å²) < 4.78 is 8.50. The highest BCUT2D eigenvalue weighted by molar-refractivity contribution is 6.11. The molecule has 2 aromatic heterocycles. The third-order valence-corrected chi connectivity index (χ3v) is 11.0. The van der Waals surface area contributed by atoms with Crippen LogP contribution in [0, 0.1) is 0 Å². The molecule has 11 rings (SSSR count). The molecule has 0 aliphatic rings. The number of anilines is 3. The molecule has 0 saturated carbocycles. The number of benzene rings is 9. The van der Waals surface area contributed by atoms with E-state index in [0.717, 1.165) is 44.7 Å². The van der Waals surface area contributed by atoms with Crippen molar-refractivity contribution < 1.29 is 4.42 Å². The number of aromatic nitrogens is 1. The van der Waals surface area contributed by atoms with Crippen LogP contribution in [0.1, 0.15) is 0 Å². The van der Waals surface area contributed by atoms with Crippen molar-refractivity contribution in [1.82, 2.24) is 4.57 Å². The number of hydrogen-bond acceptors (Lipinski definition) is 2. The maximum Gasteiger partial charge on any atom is 0.135 e. The van der Waals surface area contributed by atoms with Gasteiger partial charge in [0.2, 0.25) is 0 Å². The van der Waals surface area contributed by atoms with Crippen LogP contribution in [0.2, 0.25) is 0 Å². The van der Waals surface area contributed by atoms with Crippen LogP contribution in [0.5, 0.6) is 0 Å². The van der Waals surface area contributed by atoms with E-state index in [1.165, 1.54) is 54.8 Å². The van der Waals surface area contributed by atoms with Gasteiger partial charge in [0.05, 0.1) is 16.7 Å². The topological polar surface area (TPSA) is 21.3 Å². The highest BCUT2D eigenvalue weighted by atomic mass is 16.3. The normalized spacial score (nSPS) is 11.6. The molecule has 0 unspecified atom stereocenters. The van der Waals surface area contributed by atoms with E-state index >= 15 is 0 Å². The molecule has 0 aliphatic carbocycles. The molecular weight excluding hydrogens is 669 g/mol. The van der Waals surface area contributed by atoms with Gasteiger partial charge < -0.3 is 13.9 Å². The van der Waals surface area contributed by atoms with E-state index in [-0.39, 0.29) is 0 Å². The van der Waals surface area contributed by atoms with Crippen molar-refractivity contribution >= 4 is 71.6 Å². The number of fused-ring (bicyclic) bond motifs is 7. The summed E-state index contributed by atoms with van der Waals surface area (Å²) in [5.41, 5.74) is 13.5. The van der Waals surface area contributed by atoms with Gasteiger partial charge in [0.15, 0.2) is 0 Å². The van der Waals surface area contributed by atoms with Gasteiger partial charge in [0, 0.05) is 44.0 Å². The Morgan fingerprint density at radius 3 is 1.73 bits per heavy atom. The van der Waals surface area contributed by atoms with Crippen LogP contribution in [0.25, 0.3) is 82.5 Å². The summed E-state index contributed by atoms with van der Waals surface area (Å²) in [6.45, 7) is 0. The van der Waals surface area contributed by atoms with Crippen LogP contribution >= 0.6 is 0 Å². The Bertz CT molecular complexity index is 3180. The van der Waals surface area contributed by atoms with Gasteiger partial charge in [-0.2, -0.15) is 0 Å². The second kappa shape index (κ2) is 12.6. The van der Waals surface area contributed by atoms with Crippen molar-refractivity contribution in [2.24, 2.45) is 0 Å². The molecule has 0 atom stereocenters. The lowest BCUT2D eigenvalue weighted by Gasteiger charge is -2.27. The molecule has 3 nitrogen and oxygen atoms in total. The third kappa shape index (κ3) is 5.20. The Morgan fingerprint density at radius 2 is 0.909 bits per heavy atom. The molecule has 2 heterocycles. The Morgan fingerprint density at radius 1 is 0.345 bits per heavy atom. The van der Waals surface area contributed by atoms with Crippen LogP contribution in [0.3, 0.4) is 0 Å². The molecule has 55 heavy (non-hydrogen) atoms. The van der Waals surface area contributed by atoms with E-state index in [0.29, 0.717) is 0 Å². The van der Waals surface area contributed by atoms with Crippen LogP contribution < -0.4 is 4.90 Å². The number of para-hydroxylation sites is 3. The van der Waals surface area contributed by atoms with Crippen molar-refractivity contribution in [3.63, 3.8) is 0 Å². The van der Waals surface area contributed by atoms with Gasteiger partial charge in [-0.05, 0) is 107 Å². The molecule has 0 spiro atoms. The van der Waals surface area contributed by atoms with Gasteiger partial charge in [0.25, 0.3) is 0 Å². The Labute approximate surface area is 318 Å². The van der Waals surface area contributed by atoms with Gasteiger partial charge in [-0.1, -0.05) is 127 Å². The van der Waals surface area contributed by atoms with Gasteiger partial charge in [0.1, 0.15) is 11.2 Å². The van der Waals surface area contributed by atoms with Gasteiger partial charge >= 0.3 is 0 Å². The average Bonchev–Trinajstić information content (AvgIpc) is 3.80. The van der Waals surface area contributed by atoms with E-state index < -0.39 is 0 Å². The fraction of sp³-hybridized carbons (Fsp3) is 0. The second-order valence-electron chi connectivity index (χ2n) is 14.2. The molecule has 0 radical (unpaired) electrons. The summed E-state index contributed by atoms with van der Waals surface area (Å²) in [6, 6.07) is 74.0. The highest BCUT2D eigenvalue weighted by Gasteiger charge is 2.17. The molecule has 3 heteroatoms. The van der Waals surface area contributed by atoms with Crippen LogP contribution in [0.15, 0.2) is 211 Å². The molecule has 0 aliphatic heterocycles. The minimum absolute atomic E-state index is 0.914. The summed E-state index contributed by atoms with van der Waals surface area (Å²) in [6.07, 6.45) is 0. The number of rotatable bonds is 6. The maximum absolute atomic E-state index is 6.12. The third-order valence-electron chi connectivity index (χ3n) is 11.0. The standard InChI is InChI=1S/C52H34N2O/c1-2-13-40(14-3-1)53(48-19-10-12-37-11-4-5-15-43(37)48)41-27-21-35(22-28-41)36-23-29-42(30-24-36)54-49-18-8-6-16-44(49)46-33-38(25-31-50(46)54)39-26-32-52-47(34-39)45-17-7-9-20-51(45)55-52/h1-34H. The fourth-order valence-corrected chi connectivity index (χ4v) is 8.35. The van der Waals surface area contributed by atoms with Crippen molar-refractivity contribution in [2.75, 3.05) is 4.90 Å². The quantitative estimate of drug-likeness (QED) is 0.172. The number of hydrogen-bond donors (Lipinski definition) is 0. The molecule has 0 saturated heterocycles. The summed E-state index contributed by atoms with van der Waals surface area (Å²) in [7, 11) is 0. The highest BCUT2D eigenvalue weighted by Crippen LogP contribution is 2.40. The van der Waals surface area contributed by atoms with Crippen LogP contribution in [-0.4, -0.2) is 4.57 Å². The molecule has 0 fully saturated rings. The van der Waals surface area contributed by atoms with E-state index in [4.69, 9.17) is 4.42 Å². The van der Waals surface area contributed by atoms with Crippen molar-refractivity contribution in [2.45, 2.75) is 0 Å². The lowest BCUT2D eigenvalue weighted by molar-refractivity contribution is 0.669. The van der Waals surface area contributed by atoms with Crippen LogP contribution in [0.4, 0.5) is 17.1 Å². The Balaban J connectivity index is 0.948. The first kappa shape index (κ1) is 31.2. The number of furan rings is 1. The fourth-order valence-electron chi connectivity index (χ4n) is 8.35. The average molecular weight is 703 g/mol. The monoisotopic (exact) mass is 702 g/mol. The largest absolute Gasteiger partial charge is 0.456 e. The SMILES string of the molecule is c1ccc(N(c2ccc(-c3ccc(-n4c5ccccc5c5cc(-c6ccc7oc8ccccc8c7c6)ccc54)cc3)cc2)c2cccc3ccccc23)cc1. The zero-order valence-corrected chi connectivity index (χ0v) is 29.9. The maximum atomic E-state index is 6.12. The predicted molar refractivity (Wildman–Crippen MR) is 231 cm³/mol. The summed E-state index contributed by atoms with van der Waals surface area (Å²) >= 11 is 0. The van der Waals surface area contributed by atoms with E-state index in [9.17, 15) is 0 Å². The molecule has 0 bridgehead atoms. The molecule has 11 aromatic rings. The van der Waals surface area contributed by atoms with Crippen molar-refractivity contribution in [3.8, 4) is 27.9 Å². The summed E-state index contributed by atoms with van der Waals surface area (Å²) in [4.78, 5) is 2.35. The van der Waals surface area contributed by atoms with E-state index in [1.54, 1.807) is 0 Å². The first-order valence-electron chi connectivity index (χ1n) is 18.8. The zero-order chi connectivity index (χ0) is 36.3. The smallest absolute Gasteiger partial charge is 0.135 e. The van der Waals surface area contributed by atoms with E-state index in [1.807, 2.05) is 12.1 Å². The van der Waals surface area contributed by atoms with E-state index in [2.05, 4.69) is 204 Å². The lowest BCUT2D eigenvalue weighted by atomic mass is 10.0. The Kier molecular flexibility index (Phi) is 7.17. The molecule has 9 aromatic carbocycles. The minimum Gasteiger partial charge on any atom is -0.456 e. The first-order valence-corrected chi connectivity index (χ1v) is 18.8. The number of nitrogens with zero attached hydrogens (tertiary/aromatic N) is 2. The second-order valence-corrected chi connectivity index (χ2v) is 14.2.